The van der Waals surface area contributed by atoms with Gasteiger partial charge in [-0.2, -0.15) is 0 Å². The van der Waals surface area contributed by atoms with Gasteiger partial charge in [-0.3, -0.25) is 4.79 Å². The molecule has 0 aromatic heterocycles. The Balaban J connectivity index is 1.98. The Morgan fingerprint density at radius 3 is 2.80 bits per heavy atom. The van der Waals surface area contributed by atoms with E-state index < -0.39 is 0 Å². The smallest absolute Gasteiger partial charge is 0.251 e. The highest BCUT2D eigenvalue weighted by Gasteiger charge is 2.33. The number of hydrogen-bond donors (Lipinski definition) is 2. The van der Waals surface area contributed by atoms with Crippen molar-refractivity contribution in [3.8, 4) is 5.75 Å². The van der Waals surface area contributed by atoms with Gasteiger partial charge in [-0.05, 0) is 57.4 Å². The number of carbonyl (C=O) groups is 1. The molecule has 1 aromatic carbocycles. The van der Waals surface area contributed by atoms with E-state index in [2.05, 4.69) is 12.2 Å². The summed E-state index contributed by atoms with van der Waals surface area (Å²) < 4.78 is 5.50. The molecule has 0 radical (unpaired) electrons. The Kier molecular flexibility index (Phi) is 4.89. The Morgan fingerprint density at radius 1 is 1.50 bits per heavy atom. The normalized spacial score (nSPS) is 16.4. The summed E-state index contributed by atoms with van der Waals surface area (Å²) in [5, 5.41) is 3.51. The molecule has 1 aliphatic carbocycles. The van der Waals surface area contributed by atoms with Crippen molar-refractivity contribution < 1.29 is 9.53 Å². The van der Waals surface area contributed by atoms with Crippen LogP contribution in [0.25, 0.3) is 0 Å². The van der Waals surface area contributed by atoms with E-state index in [4.69, 9.17) is 22.1 Å². The van der Waals surface area contributed by atoms with Crippen LogP contribution < -0.4 is 15.8 Å². The zero-order valence-electron chi connectivity index (χ0n) is 11.7. The number of carbonyl (C=O) groups excluding carboxylic acids is 1. The Bertz CT molecular complexity index is 487. The van der Waals surface area contributed by atoms with E-state index in [1.165, 1.54) is 6.42 Å². The minimum absolute atomic E-state index is 0.0557. The molecular formula is C15H21ClN2O2. The fourth-order valence-electron chi connectivity index (χ4n) is 2.20. The Hall–Kier alpha value is -1.26. The third kappa shape index (κ3) is 3.64. The Labute approximate surface area is 124 Å². The van der Waals surface area contributed by atoms with E-state index in [0.29, 0.717) is 29.5 Å². The number of benzene rings is 1. The van der Waals surface area contributed by atoms with Crippen LogP contribution in [0, 0.1) is 0 Å². The van der Waals surface area contributed by atoms with Crippen LogP contribution in [0.2, 0.25) is 5.02 Å². The van der Waals surface area contributed by atoms with Gasteiger partial charge in [0.25, 0.3) is 5.91 Å². The maximum absolute atomic E-state index is 12.1. The van der Waals surface area contributed by atoms with E-state index in [0.717, 1.165) is 19.3 Å². The summed E-state index contributed by atoms with van der Waals surface area (Å²) in [5.74, 6) is 0.508. The number of nitrogens with one attached hydrogen (secondary N) is 1. The number of hydrogen-bond acceptors (Lipinski definition) is 3. The molecule has 0 atom stereocenters. The minimum Gasteiger partial charge on any atom is -0.492 e. The van der Waals surface area contributed by atoms with Crippen molar-refractivity contribution in [2.45, 2.75) is 38.1 Å². The zero-order chi connectivity index (χ0) is 14.6. The summed E-state index contributed by atoms with van der Waals surface area (Å²) >= 11 is 6.14. The number of amides is 1. The van der Waals surface area contributed by atoms with Crippen LogP contribution in [-0.4, -0.2) is 24.6 Å². The van der Waals surface area contributed by atoms with Crippen LogP contribution in [0.4, 0.5) is 0 Å². The first-order valence-corrected chi connectivity index (χ1v) is 7.37. The van der Waals surface area contributed by atoms with Crippen LogP contribution in [0.3, 0.4) is 0 Å². The second-order valence-corrected chi connectivity index (χ2v) is 5.91. The molecule has 2 rings (SSSR count). The second-order valence-electron chi connectivity index (χ2n) is 5.50. The van der Waals surface area contributed by atoms with E-state index >= 15 is 0 Å². The lowest BCUT2D eigenvalue weighted by Gasteiger charge is -2.39. The summed E-state index contributed by atoms with van der Waals surface area (Å²) in [5.41, 5.74) is 5.91. The lowest BCUT2D eigenvalue weighted by molar-refractivity contribution is 0.0850. The largest absolute Gasteiger partial charge is 0.492 e. The van der Waals surface area contributed by atoms with Crippen molar-refractivity contribution in [3.63, 3.8) is 0 Å². The topological polar surface area (TPSA) is 64.3 Å². The van der Waals surface area contributed by atoms with Crippen LogP contribution >= 0.6 is 11.6 Å². The van der Waals surface area contributed by atoms with Gasteiger partial charge in [0.1, 0.15) is 5.75 Å². The number of halogens is 1. The maximum atomic E-state index is 12.1. The maximum Gasteiger partial charge on any atom is 0.251 e. The highest BCUT2D eigenvalue weighted by Crippen LogP contribution is 2.32. The molecule has 0 saturated heterocycles. The monoisotopic (exact) mass is 296 g/mol. The predicted molar refractivity (Wildman–Crippen MR) is 80.3 cm³/mol. The van der Waals surface area contributed by atoms with Crippen LogP contribution in [0.5, 0.6) is 5.75 Å². The van der Waals surface area contributed by atoms with Gasteiger partial charge >= 0.3 is 0 Å². The molecule has 4 nitrogen and oxygen atoms in total. The molecule has 1 aliphatic rings. The molecule has 5 heteroatoms. The lowest BCUT2D eigenvalue weighted by Crippen LogP contribution is -2.50. The molecule has 1 aromatic rings. The standard InChI is InChI=1S/C15H21ClN2O2/c1-15(6-2-7-15)18-14(19)11-4-5-13(12(16)10-11)20-9-3-8-17/h4-5,10H,2-3,6-9,17H2,1H3,(H,18,19). The zero-order valence-corrected chi connectivity index (χ0v) is 12.5. The summed E-state index contributed by atoms with van der Waals surface area (Å²) in [6.45, 7) is 3.18. The second kappa shape index (κ2) is 6.46. The molecule has 0 heterocycles. The first kappa shape index (κ1) is 15.1. The molecule has 110 valence electrons. The van der Waals surface area contributed by atoms with Crippen molar-refractivity contribution in [3.05, 3.63) is 28.8 Å². The van der Waals surface area contributed by atoms with Crippen molar-refractivity contribution in [2.75, 3.05) is 13.2 Å². The van der Waals surface area contributed by atoms with Gasteiger partial charge < -0.3 is 15.8 Å². The van der Waals surface area contributed by atoms with Crippen LogP contribution in [-0.2, 0) is 0 Å². The van der Waals surface area contributed by atoms with Gasteiger partial charge in [0.2, 0.25) is 0 Å². The fraction of sp³-hybridized carbons (Fsp3) is 0.533. The van der Waals surface area contributed by atoms with Gasteiger partial charge in [0.15, 0.2) is 0 Å². The SMILES string of the molecule is CC1(NC(=O)c2ccc(OCCCN)c(Cl)c2)CCC1. The van der Waals surface area contributed by atoms with Gasteiger partial charge in [0.05, 0.1) is 11.6 Å². The third-order valence-corrected chi connectivity index (χ3v) is 3.97. The molecule has 1 fully saturated rings. The number of ether oxygens (including phenoxy) is 1. The van der Waals surface area contributed by atoms with Crippen LogP contribution in [0.15, 0.2) is 18.2 Å². The summed E-state index contributed by atoms with van der Waals surface area (Å²) in [6.07, 6.45) is 4.02. The van der Waals surface area contributed by atoms with Crippen molar-refractivity contribution in [2.24, 2.45) is 5.73 Å². The third-order valence-electron chi connectivity index (χ3n) is 3.67. The summed E-state index contributed by atoms with van der Waals surface area (Å²) in [7, 11) is 0. The van der Waals surface area contributed by atoms with Gasteiger partial charge in [-0.1, -0.05) is 11.6 Å². The van der Waals surface area contributed by atoms with Crippen molar-refractivity contribution in [1.82, 2.24) is 5.32 Å². The molecular weight excluding hydrogens is 276 g/mol. The average molecular weight is 297 g/mol. The molecule has 0 unspecified atom stereocenters. The molecule has 1 saturated carbocycles. The first-order valence-electron chi connectivity index (χ1n) is 6.99. The van der Waals surface area contributed by atoms with Gasteiger partial charge in [-0.25, -0.2) is 0 Å². The molecule has 3 N–H and O–H groups in total. The van der Waals surface area contributed by atoms with E-state index in [1.807, 2.05) is 0 Å². The number of nitrogens with two attached hydrogens (primary N) is 1. The van der Waals surface area contributed by atoms with Gasteiger partial charge in [0, 0.05) is 11.1 Å². The summed E-state index contributed by atoms with van der Waals surface area (Å²) in [6, 6.07) is 5.12. The fourth-order valence-corrected chi connectivity index (χ4v) is 2.44. The Morgan fingerprint density at radius 2 is 2.25 bits per heavy atom. The predicted octanol–water partition coefficient (Wildman–Crippen LogP) is 2.74. The number of rotatable bonds is 6. The van der Waals surface area contributed by atoms with E-state index in [-0.39, 0.29) is 11.4 Å². The highest BCUT2D eigenvalue weighted by atomic mass is 35.5. The molecule has 0 bridgehead atoms. The molecule has 20 heavy (non-hydrogen) atoms. The minimum atomic E-state index is -0.0809. The quantitative estimate of drug-likeness (QED) is 0.793. The van der Waals surface area contributed by atoms with Crippen molar-refractivity contribution in [1.29, 1.82) is 0 Å². The van der Waals surface area contributed by atoms with E-state index in [1.54, 1.807) is 18.2 Å². The molecule has 1 amide bonds. The highest BCUT2D eigenvalue weighted by molar-refractivity contribution is 6.32. The average Bonchev–Trinajstić information content (AvgIpc) is 2.39. The first-order chi connectivity index (χ1) is 9.54. The summed E-state index contributed by atoms with van der Waals surface area (Å²) in [4.78, 5) is 12.1. The molecule has 0 aliphatic heterocycles. The lowest BCUT2D eigenvalue weighted by atomic mass is 9.78. The van der Waals surface area contributed by atoms with E-state index in [9.17, 15) is 4.79 Å². The molecule has 0 spiro atoms. The van der Waals surface area contributed by atoms with Gasteiger partial charge in [-0.15, -0.1) is 0 Å². The van der Waals surface area contributed by atoms with Crippen LogP contribution in [0.1, 0.15) is 43.0 Å². The van der Waals surface area contributed by atoms with Crippen molar-refractivity contribution >= 4 is 17.5 Å².